The van der Waals surface area contributed by atoms with Crippen molar-refractivity contribution >= 4 is 5.78 Å². The number of phenolic OH excluding ortho intramolecular Hbond substituents is 4. The number of aromatic hydroxyl groups is 4. The lowest BCUT2D eigenvalue weighted by molar-refractivity contribution is -0.358. The van der Waals surface area contributed by atoms with Gasteiger partial charge in [0.25, 0.3) is 0 Å². The molecule has 0 radical (unpaired) electrons. The van der Waals surface area contributed by atoms with Crippen molar-refractivity contribution in [2.45, 2.75) is 42.7 Å². The minimum atomic E-state index is -2.98. The molecule has 2 aromatic rings. The van der Waals surface area contributed by atoms with E-state index in [1.165, 1.54) is 6.07 Å². The summed E-state index contributed by atoms with van der Waals surface area (Å²) in [7, 11) is 0. The monoisotopic (exact) mass is 466 g/mol. The molecule has 1 saturated heterocycles. The molecular weight excluding hydrogens is 444 g/mol. The first-order chi connectivity index (χ1) is 15.5. The molecule has 1 fully saturated rings. The molecule has 2 aliphatic heterocycles. The number of aliphatic hydroxyl groups excluding tert-OH is 4. The highest BCUT2D eigenvalue weighted by Crippen LogP contribution is 2.52. The molecule has 4 rings (SSSR count). The first-order valence-corrected chi connectivity index (χ1v) is 9.86. The highest BCUT2D eigenvalue weighted by Gasteiger charge is 2.57. The third-order valence-corrected chi connectivity index (χ3v) is 5.85. The molecule has 0 unspecified atom stereocenters. The predicted octanol–water partition coefficient (Wildman–Crippen LogP) is -1.17. The average molecular weight is 466 g/mol. The number of aliphatic hydroxyl groups is 5. The molecule has 0 amide bonds. The summed E-state index contributed by atoms with van der Waals surface area (Å²) >= 11 is 0. The van der Waals surface area contributed by atoms with Crippen LogP contribution in [0.25, 0.3) is 0 Å². The van der Waals surface area contributed by atoms with Crippen molar-refractivity contribution in [3.8, 4) is 28.7 Å². The lowest BCUT2D eigenvalue weighted by Gasteiger charge is -2.46. The van der Waals surface area contributed by atoms with Gasteiger partial charge in [-0.05, 0) is 17.7 Å². The van der Waals surface area contributed by atoms with Crippen molar-refractivity contribution < 1.29 is 60.2 Å². The molecule has 0 spiro atoms. The van der Waals surface area contributed by atoms with Gasteiger partial charge in [-0.3, -0.25) is 4.79 Å². The summed E-state index contributed by atoms with van der Waals surface area (Å²) in [5, 5.41) is 91.4. The topological polar surface area (TPSA) is 218 Å². The highest BCUT2D eigenvalue weighted by molar-refractivity contribution is 6.03. The van der Waals surface area contributed by atoms with Gasteiger partial charge in [-0.15, -0.1) is 0 Å². The van der Waals surface area contributed by atoms with Gasteiger partial charge < -0.3 is 55.4 Å². The summed E-state index contributed by atoms with van der Waals surface area (Å²) < 4.78 is 11.0. The van der Waals surface area contributed by atoms with Crippen LogP contribution >= 0.6 is 0 Å². The predicted molar refractivity (Wildman–Crippen MR) is 106 cm³/mol. The second kappa shape index (κ2) is 8.02. The first-order valence-electron chi connectivity index (χ1n) is 9.86. The number of ether oxygens (including phenoxy) is 2. The number of carbonyl (C=O) groups is 1. The third-order valence-electron chi connectivity index (χ3n) is 5.85. The van der Waals surface area contributed by atoms with Crippen LogP contribution in [0.3, 0.4) is 0 Å². The minimum absolute atomic E-state index is 0.221. The minimum Gasteiger partial charge on any atom is -0.507 e. The van der Waals surface area contributed by atoms with Crippen molar-refractivity contribution in [3.63, 3.8) is 0 Å². The summed E-state index contributed by atoms with van der Waals surface area (Å²) in [6, 6.07) is 4.34. The fourth-order valence-electron chi connectivity index (χ4n) is 4.11. The zero-order chi connectivity index (χ0) is 24.2. The highest BCUT2D eigenvalue weighted by atomic mass is 16.7. The second-order valence-corrected chi connectivity index (χ2v) is 7.94. The van der Waals surface area contributed by atoms with Crippen LogP contribution in [0.5, 0.6) is 28.7 Å². The molecule has 2 aromatic carbocycles. The van der Waals surface area contributed by atoms with Gasteiger partial charge in [0.1, 0.15) is 53.3 Å². The molecule has 33 heavy (non-hydrogen) atoms. The van der Waals surface area contributed by atoms with Gasteiger partial charge in [0.05, 0.1) is 18.6 Å². The fraction of sp³-hybridized carbons (Fsp3) is 0.381. The Morgan fingerprint density at radius 2 is 1.64 bits per heavy atom. The molecule has 2 aliphatic rings. The molecule has 0 saturated carbocycles. The SMILES string of the molecule is O=C1C[C@H](c2ccc(O)c(O)c2)Oc2c1c(O)cc(O)c2[C@@]1(O)O[C@H](CO)[C@@H](O)[C@H](O)[C@H]1O. The third kappa shape index (κ3) is 3.53. The van der Waals surface area contributed by atoms with Gasteiger partial charge in [0.2, 0.25) is 5.79 Å². The van der Waals surface area contributed by atoms with Gasteiger partial charge in [-0.1, -0.05) is 6.07 Å². The number of ketones is 1. The number of carbonyl (C=O) groups excluding carboxylic acids is 1. The standard InChI is InChI=1S/C21H22O12/c22-6-14-17(28)18(29)20(30)21(31,33-14)16-12(27)4-10(25)15-11(26)5-13(32-19(15)16)7-1-2-8(23)9(24)3-7/h1-4,13-14,17-18,20,22-25,27-31H,5-6H2/t13-,14-,17-,18+,20-,21-/m1/s1. The van der Waals surface area contributed by atoms with Crippen molar-refractivity contribution in [1.82, 2.24) is 0 Å². The lowest BCUT2D eigenvalue weighted by Crippen LogP contribution is -2.63. The Balaban J connectivity index is 1.88. The van der Waals surface area contributed by atoms with E-state index in [9.17, 15) is 50.8 Å². The first kappa shape index (κ1) is 23.0. The van der Waals surface area contributed by atoms with Crippen LogP contribution in [0.2, 0.25) is 0 Å². The van der Waals surface area contributed by atoms with Crippen molar-refractivity contribution in [2.24, 2.45) is 0 Å². The van der Waals surface area contributed by atoms with E-state index in [0.29, 0.717) is 6.07 Å². The van der Waals surface area contributed by atoms with Crippen LogP contribution in [0.15, 0.2) is 24.3 Å². The maximum atomic E-state index is 12.9. The molecule has 2 heterocycles. The van der Waals surface area contributed by atoms with E-state index in [-0.39, 0.29) is 12.0 Å². The van der Waals surface area contributed by atoms with Crippen molar-refractivity contribution in [3.05, 3.63) is 41.0 Å². The lowest BCUT2D eigenvalue weighted by atomic mass is 9.84. The van der Waals surface area contributed by atoms with E-state index < -0.39 is 88.6 Å². The van der Waals surface area contributed by atoms with Crippen molar-refractivity contribution in [1.29, 1.82) is 0 Å². The van der Waals surface area contributed by atoms with Crippen LogP contribution in [0, 0.1) is 0 Å². The Morgan fingerprint density at radius 1 is 0.939 bits per heavy atom. The summed E-state index contributed by atoms with van der Waals surface area (Å²) in [4.78, 5) is 12.9. The number of phenols is 4. The van der Waals surface area contributed by atoms with E-state index in [1.807, 2.05) is 0 Å². The molecule has 178 valence electrons. The zero-order valence-corrected chi connectivity index (χ0v) is 16.9. The number of hydrogen-bond acceptors (Lipinski definition) is 12. The quantitative estimate of drug-likeness (QED) is 0.245. The van der Waals surface area contributed by atoms with Gasteiger partial charge in [-0.2, -0.15) is 0 Å². The summed E-state index contributed by atoms with van der Waals surface area (Å²) in [6.07, 6.45) is -9.15. The number of hydrogen-bond donors (Lipinski definition) is 9. The normalized spacial score (nSPS) is 31.7. The number of Topliss-reactive ketones (excluding diaryl/α,β-unsaturated/α-hetero) is 1. The summed E-state index contributed by atoms with van der Waals surface area (Å²) in [6.45, 7) is -0.885. The zero-order valence-electron chi connectivity index (χ0n) is 16.9. The number of fused-ring (bicyclic) bond motifs is 1. The van der Waals surface area contributed by atoms with Gasteiger partial charge >= 0.3 is 0 Å². The molecule has 6 atom stereocenters. The maximum absolute atomic E-state index is 12.9. The number of rotatable bonds is 3. The van der Waals surface area contributed by atoms with Gasteiger partial charge in [0, 0.05) is 6.07 Å². The smallest absolute Gasteiger partial charge is 0.229 e. The molecule has 0 aromatic heterocycles. The Bertz CT molecular complexity index is 1100. The Hall–Kier alpha value is -3.13. The molecule has 12 nitrogen and oxygen atoms in total. The summed E-state index contributed by atoms with van der Waals surface area (Å²) in [5.74, 6) is -6.75. The molecule has 9 N–H and O–H groups in total. The second-order valence-electron chi connectivity index (χ2n) is 7.94. The van der Waals surface area contributed by atoms with Gasteiger partial charge in [0.15, 0.2) is 17.3 Å². The molecule has 12 heteroatoms. The average Bonchev–Trinajstić information content (AvgIpc) is 2.76. The molecule has 0 bridgehead atoms. The summed E-state index contributed by atoms with van der Waals surface area (Å²) in [5.41, 5.74) is -0.959. The van der Waals surface area contributed by atoms with E-state index >= 15 is 0 Å². The van der Waals surface area contributed by atoms with Crippen LogP contribution in [-0.2, 0) is 10.5 Å². The molecular formula is C21H22O12. The maximum Gasteiger partial charge on any atom is 0.229 e. The van der Waals surface area contributed by atoms with E-state index in [4.69, 9.17) is 9.47 Å². The van der Waals surface area contributed by atoms with Crippen LogP contribution in [0.4, 0.5) is 0 Å². The van der Waals surface area contributed by atoms with Crippen LogP contribution in [0.1, 0.15) is 34.0 Å². The van der Waals surface area contributed by atoms with E-state index in [0.717, 1.165) is 12.1 Å². The van der Waals surface area contributed by atoms with E-state index in [1.54, 1.807) is 0 Å². The van der Waals surface area contributed by atoms with Crippen LogP contribution < -0.4 is 4.74 Å². The largest absolute Gasteiger partial charge is 0.507 e. The van der Waals surface area contributed by atoms with Crippen LogP contribution in [-0.4, -0.2) is 82.8 Å². The van der Waals surface area contributed by atoms with E-state index in [2.05, 4.69) is 0 Å². The fourth-order valence-corrected chi connectivity index (χ4v) is 4.11. The molecule has 0 aliphatic carbocycles. The Morgan fingerprint density at radius 3 is 2.27 bits per heavy atom. The Kier molecular flexibility index (Phi) is 5.60. The number of benzene rings is 2. The Labute approximate surface area is 185 Å². The van der Waals surface area contributed by atoms with Gasteiger partial charge in [-0.25, -0.2) is 0 Å². The van der Waals surface area contributed by atoms with Crippen molar-refractivity contribution in [2.75, 3.05) is 6.61 Å².